The Kier molecular flexibility index (Phi) is 8.50. The van der Waals surface area contributed by atoms with Gasteiger partial charge in [-0.2, -0.15) is 0 Å². The highest BCUT2D eigenvalue weighted by molar-refractivity contribution is 8.00. The predicted molar refractivity (Wildman–Crippen MR) is 131 cm³/mol. The van der Waals surface area contributed by atoms with Gasteiger partial charge in [0, 0.05) is 48.5 Å². The molecule has 0 amide bonds. The Morgan fingerprint density at radius 2 is 1.77 bits per heavy atom. The second-order valence-electron chi connectivity index (χ2n) is 7.69. The Hall–Kier alpha value is -2.83. The minimum atomic E-state index is 0.697. The second-order valence-corrected chi connectivity index (χ2v) is 8.57. The van der Waals surface area contributed by atoms with Gasteiger partial charge in [-0.15, -0.1) is 0 Å². The number of anilines is 2. The third kappa shape index (κ3) is 7.12. The summed E-state index contributed by atoms with van der Waals surface area (Å²) in [6.07, 6.45) is 2.72. The maximum Gasteiger partial charge on any atom is 0.150 e. The summed E-state index contributed by atoms with van der Waals surface area (Å²) in [6.45, 7) is 8.61. The number of aromatic nitrogens is 1. The van der Waals surface area contributed by atoms with Crippen molar-refractivity contribution in [3.63, 3.8) is 0 Å². The molecule has 4 rings (SSSR count). The third-order valence-corrected chi connectivity index (χ3v) is 5.94. The van der Waals surface area contributed by atoms with E-state index in [4.69, 9.17) is 0 Å². The zero-order valence-electron chi connectivity index (χ0n) is 18.4. The summed E-state index contributed by atoms with van der Waals surface area (Å²) < 4.78 is 3.31. The Morgan fingerprint density at radius 3 is 2.45 bits per heavy atom. The molecule has 2 heterocycles. The number of hydrogen-bond acceptors (Lipinski definition) is 6. The van der Waals surface area contributed by atoms with Gasteiger partial charge in [-0.05, 0) is 68.7 Å². The molecule has 6 heteroatoms. The molecule has 0 saturated carbocycles. The maximum absolute atomic E-state index is 10.7. The van der Waals surface area contributed by atoms with E-state index in [0.29, 0.717) is 5.56 Å². The monoisotopic (exact) mass is 434 g/mol. The molecule has 0 unspecified atom stereocenters. The average molecular weight is 435 g/mol. The van der Waals surface area contributed by atoms with Gasteiger partial charge in [0.25, 0.3) is 0 Å². The second kappa shape index (κ2) is 11.5. The van der Waals surface area contributed by atoms with Crippen LogP contribution in [0.3, 0.4) is 0 Å². The van der Waals surface area contributed by atoms with Crippen LogP contribution in [0.1, 0.15) is 21.5 Å². The Balaban J connectivity index is 0.000000185. The lowest BCUT2D eigenvalue weighted by Gasteiger charge is -2.33. The van der Waals surface area contributed by atoms with Crippen LogP contribution >= 0.6 is 11.9 Å². The van der Waals surface area contributed by atoms with E-state index in [2.05, 4.69) is 64.7 Å². The smallest absolute Gasteiger partial charge is 0.150 e. The fourth-order valence-electron chi connectivity index (χ4n) is 3.27. The summed E-state index contributed by atoms with van der Waals surface area (Å²) in [4.78, 5) is 20.7. The normalized spacial score (nSPS) is 13.8. The van der Waals surface area contributed by atoms with Crippen LogP contribution in [0.15, 0.2) is 71.8 Å². The highest BCUT2D eigenvalue weighted by Crippen LogP contribution is 2.24. The largest absolute Gasteiger partial charge is 0.354 e. The van der Waals surface area contributed by atoms with Crippen LogP contribution in [-0.2, 0) is 0 Å². The number of nitrogens with zero attached hydrogens (tertiary/aromatic N) is 3. The molecule has 0 atom stereocenters. The fraction of sp³-hybridized carbons (Fsp3) is 0.280. The summed E-state index contributed by atoms with van der Waals surface area (Å²) in [5, 5.41) is 0. The lowest BCUT2D eigenvalue weighted by Crippen LogP contribution is -2.44. The van der Waals surface area contributed by atoms with Gasteiger partial charge in [0.2, 0.25) is 0 Å². The molecule has 0 radical (unpaired) electrons. The van der Waals surface area contributed by atoms with Crippen molar-refractivity contribution >= 4 is 29.7 Å². The van der Waals surface area contributed by atoms with E-state index >= 15 is 0 Å². The zero-order chi connectivity index (χ0) is 22.1. The molecule has 1 fully saturated rings. The van der Waals surface area contributed by atoms with Gasteiger partial charge in [-0.25, -0.2) is 4.98 Å². The summed E-state index contributed by atoms with van der Waals surface area (Å²) in [7, 11) is 2.16. The molecule has 0 spiro atoms. The fourth-order valence-corrected chi connectivity index (χ4v) is 4.07. The number of carbonyl (C=O) groups is 1. The molecule has 0 bridgehead atoms. The van der Waals surface area contributed by atoms with E-state index in [0.717, 1.165) is 48.9 Å². The van der Waals surface area contributed by atoms with E-state index in [1.54, 1.807) is 6.07 Å². The standard InChI is InChI=1S/C15H15NOS.C10H15N3/c1-11-6-7-15(12(2)8-11)16-18-14-5-3-4-13(9-14)10-17;1-12-6-8-13(9-7-12)10-4-2-3-5-11-10/h3-10,16H,1-2H3;2-5H,6-9H2,1H3. The van der Waals surface area contributed by atoms with Crippen molar-refractivity contribution in [2.45, 2.75) is 18.7 Å². The highest BCUT2D eigenvalue weighted by atomic mass is 32.2. The molecular weight excluding hydrogens is 404 g/mol. The van der Waals surface area contributed by atoms with Gasteiger partial charge in [0.15, 0.2) is 0 Å². The van der Waals surface area contributed by atoms with Crippen molar-refractivity contribution in [1.29, 1.82) is 0 Å². The number of hydrogen-bond donors (Lipinski definition) is 1. The highest BCUT2D eigenvalue weighted by Gasteiger charge is 2.14. The van der Waals surface area contributed by atoms with Gasteiger partial charge >= 0.3 is 0 Å². The van der Waals surface area contributed by atoms with Gasteiger partial charge < -0.3 is 14.5 Å². The van der Waals surface area contributed by atoms with Crippen LogP contribution in [0.2, 0.25) is 0 Å². The van der Waals surface area contributed by atoms with Crippen LogP contribution in [0.5, 0.6) is 0 Å². The SMILES string of the molecule is CN1CCN(c2ccccn2)CC1.Cc1ccc(NSc2cccc(C=O)c2)c(C)c1. The number of rotatable bonds is 5. The van der Waals surface area contributed by atoms with Crippen molar-refractivity contribution in [3.05, 3.63) is 83.6 Å². The number of carbonyl (C=O) groups excluding carboxylic acids is 1. The van der Waals surface area contributed by atoms with Gasteiger partial charge in [-0.1, -0.05) is 35.9 Å². The summed E-state index contributed by atoms with van der Waals surface area (Å²) in [6, 6.07) is 19.9. The lowest BCUT2D eigenvalue weighted by atomic mass is 10.1. The first-order valence-corrected chi connectivity index (χ1v) is 11.3. The Morgan fingerprint density at radius 1 is 0.968 bits per heavy atom. The number of piperazine rings is 1. The number of aldehydes is 1. The quantitative estimate of drug-likeness (QED) is 0.447. The average Bonchev–Trinajstić information content (AvgIpc) is 2.80. The van der Waals surface area contributed by atoms with Crippen LogP contribution < -0.4 is 9.62 Å². The van der Waals surface area contributed by atoms with Crippen LogP contribution in [0, 0.1) is 13.8 Å². The van der Waals surface area contributed by atoms with Gasteiger partial charge in [-0.3, -0.25) is 4.79 Å². The molecule has 1 saturated heterocycles. The zero-order valence-corrected chi connectivity index (χ0v) is 19.2. The first kappa shape index (κ1) is 22.8. The first-order chi connectivity index (χ1) is 15.0. The minimum Gasteiger partial charge on any atom is -0.354 e. The van der Waals surface area contributed by atoms with E-state index in [-0.39, 0.29) is 0 Å². The summed E-state index contributed by atoms with van der Waals surface area (Å²) in [5.74, 6) is 1.11. The topological polar surface area (TPSA) is 48.5 Å². The number of benzene rings is 2. The molecule has 3 aromatic rings. The van der Waals surface area contributed by atoms with Crippen molar-refractivity contribution < 1.29 is 4.79 Å². The number of nitrogens with one attached hydrogen (secondary N) is 1. The molecule has 2 aromatic carbocycles. The van der Waals surface area contributed by atoms with E-state index in [9.17, 15) is 4.79 Å². The number of pyridine rings is 1. The van der Waals surface area contributed by atoms with Crippen LogP contribution in [0.25, 0.3) is 0 Å². The summed E-state index contributed by atoms with van der Waals surface area (Å²) >= 11 is 1.51. The van der Waals surface area contributed by atoms with Crippen molar-refractivity contribution in [2.75, 3.05) is 42.8 Å². The van der Waals surface area contributed by atoms with E-state index in [1.165, 1.54) is 23.1 Å². The number of likely N-dealkylation sites (N-methyl/N-ethyl adjacent to an activating group) is 1. The maximum atomic E-state index is 10.7. The van der Waals surface area contributed by atoms with Crippen molar-refractivity contribution in [1.82, 2.24) is 9.88 Å². The predicted octanol–water partition coefficient (Wildman–Crippen LogP) is 5.07. The van der Waals surface area contributed by atoms with Crippen LogP contribution in [-0.4, -0.2) is 49.4 Å². The van der Waals surface area contributed by atoms with Crippen molar-refractivity contribution in [3.8, 4) is 0 Å². The van der Waals surface area contributed by atoms with Crippen LogP contribution in [0.4, 0.5) is 11.5 Å². The van der Waals surface area contributed by atoms with E-state index in [1.807, 2.05) is 36.5 Å². The van der Waals surface area contributed by atoms with Gasteiger partial charge in [0.05, 0.1) is 0 Å². The number of aryl methyl sites for hydroxylation is 2. The molecule has 1 N–H and O–H groups in total. The molecule has 1 aliphatic rings. The molecule has 31 heavy (non-hydrogen) atoms. The summed E-state index contributed by atoms with van der Waals surface area (Å²) in [5.41, 5.74) is 4.27. The minimum absolute atomic E-state index is 0.697. The van der Waals surface area contributed by atoms with E-state index < -0.39 is 0 Å². The third-order valence-electron chi connectivity index (χ3n) is 5.13. The molecular formula is C25H30N4OS. The molecule has 1 aliphatic heterocycles. The molecule has 0 aliphatic carbocycles. The molecule has 5 nitrogen and oxygen atoms in total. The van der Waals surface area contributed by atoms with Crippen molar-refractivity contribution in [2.24, 2.45) is 0 Å². The molecule has 1 aromatic heterocycles. The Bertz CT molecular complexity index is 972. The lowest BCUT2D eigenvalue weighted by molar-refractivity contribution is 0.112. The molecule has 162 valence electrons. The van der Waals surface area contributed by atoms with Gasteiger partial charge in [0.1, 0.15) is 12.1 Å². The first-order valence-electron chi connectivity index (χ1n) is 10.4. The Labute approximate surface area is 189 Å².